The van der Waals surface area contributed by atoms with Crippen molar-refractivity contribution in [2.24, 2.45) is 4.99 Å². The van der Waals surface area contributed by atoms with Crippen molar-refractivity contribution < 1.29 is 4.74 Å². The molecule has 2 N–H and O–H groups in total. The van der Waals surface area contributed by atoms with Crippen LogP contribution in [-0.4, -0.2) is 68.4 Å². The van der Waals surface area contributed by atoms with Gasteiger partial charge in [-0.15, -0.1) is 24.0 Å². The van der Waals surface area contributed by atoms with Gasteiger partial charge in [-0.05, 0) is 31.5 Å². The molecule has 2 rings (SSSR count). The van der Waals surface area contributed by atoms with E-state index in [-0.39, 0.29) is 24.0 Å². The summed E-state index contributed by atoms with van der Waals surface area (Å²) in [5.41, 5.74) is 0. The van der Waals surface area contributed by atoms with E-state index in [0.29, 0.717) is 6.04 Å². The monoisotopic (exact) mass is 435 g/mol. The van der Waals surface area contributed by atoms with Crippen LogP contribution in [0.1, 0.15) is 12.8 Å². The van der Waals surface area contributed by atoms with Crippen LogP contribution in [0.4, 0.5) is 0 Å². The van der Waals surface area contributed by atoms with Crippen LogP contribution < -0.4 is 10.6 Å². The lowest BCUT2D eigenvalue weighted by Crippen LogP contribution is -2.46. The Hall–Kier alpha value is -0.800. The molecule has 0 bridgehead atoms. The van der Waals surface area contributed by atoms with E-state index in [4.69, 9.17) is 4.74 Å². The third kappa shape index (κ3) is 7.09. The molecule has 1 atom stereocenters. The quantitative estimate of drug-likeness (QED) is 0.368. The highest BCUT2D eigenvalue weighted by Gasteiger charge is 2.23. The van der Waals surface area contributed by atoms with E-state index in [9.17, 15) is 0 Å². The number of aromatic nitrogens is 1. The van der Waals surface area contributed by atoms with Crippen LogP contribution >= 0.6 is 24.0 Å². The molecular weight excluding hydrogens is 405 g/mol. The van der Waals surface area contributed by atoms with Gasteiger partial charge in [0.05, 0.1) is 6.61 Å². The van der Waals surface area contributed by atoms with Crippen LogP contribution in [-0.2, 0) is 11.3 Å². The highest BCUT2D eigenvalue weighted by molar-refractivity contribution is 14.0. The van der Waals surface area contributed by atoms with Gasteiger partial charge in [-0.3, -0.25) is 9.89 Å². The smallest absolute Gasteiger partial charge is 0.191 e. The minimum absolute atomic E-state index is 0. The molecule has 1 aromatic heterocycles. The molecule has 1 saturated heterocycles. The zero-order valence-corrected chi connectivity index (χ0v) is 16.5. The van der Waals surface area contributed by atoms with Crippen molar-refractivity contribution >= 4 is 29.9 Å². The molecule has 1 aliphatic rings. The number of guanidine groups is 1. The number of hydrogen-bond donors (Lipinski definition) is 2. The zero-order valence-electron chi connectivity index (χ0n) is 14.2. The normalized spacial score (nSPS) is 18.7. The molecule has 0 aromatic carbocycles. The molecule has 1 aliphatic heterocycles. The van der Waals surface area contributed by atoms with Gasteiger partial charge >= 0.3 is 0 Å². The van der Waals surface area contributed by atoms with Gasteiger partial charge in [-0.25, -0.2) is 0 Å². The van der Waals surface area contributed by atoms with Crippen LogP contribution in [0.3, 0.4) is 0 Å². The minimum atomic E-state index is 0. The fourth-order valence-corrected chi connectivity index (χ4v) is 2.89. The van der Waals surface area contributed by atoms with Crippen LogP contribution in [0.2, 0.25) is 0 Å². The molecule has 0 aliphatic carbocycles. The van der Waals surface area contributed by atoms with E-state index < -0.39 is 0 Å². The van der Waals surface area contributed by atoms with Crippen molar-refractivity contribution in [1.82, 2.24) is 20.1 Å². The van der Waals surface area contributed by atoms with E-state index in [2.05, 4.69) is 37.5 Å². The molecule has 1 unspecified atom stereocenters. The molecule has 23 heavy (non-hydrogen) atoms. The fraction of sp³-hybridized carbons (Fsp3) is 0.688. The first-order chi connectivity index (χ1) is 10.8. The van der Waals surface area contributed by atoms with Gasteiger partial charge in [0.15, 0.2) is 5.96 Å². The average Bonchev–Trinajstić information content (AvgIpc) is 3.20. The predicted octanol–water partition coefficient (Wildman–Crippen LogP) is 1.38. The Labute approximate surface area is 156 Å². The van der Waals surface area contributed by atoms with Crippen molar-refractivity contribution in [3.8, 4) is 0 Å². The first kappa shape index (κ1) is 20.2. The number of rotatable bonds is 8. The molecule has 1 fully saturated rings. The Morgan fingerprint density at radius 1 is 1.26 bits per heavy atom. The molecule has 6 nitrogen and oxygen atoms in total. The number of ether oxygens (including phenoxy) is 1. The van der Waals surface area contributed by atoms with Crippen molar-refractivity contribution in [3.05, 3.63) is 24.5 Å². The Morgan fingerprint density at radius 3 is 2.74 bits per heavy atom. The summed E-state index contributed by atoms with van der Waals surface area (Å²) in [6, 6.07) is 4.67. The van der Waals surface area contributed by atoms with Gasteiger partial charge in [0.1, 0.15) is 0 Å². The lowest BCUT2D eigenvalue weighted by Gasteiger charge is -2.25. The third-order valence-corrected chi connectivity index (χ3v) is 4.14. The Morgan fingerprint density at radius 2 is 2.04 bits per heavy atom. The predicted molar refractivity (Wildman–Crippen MR) is 106 cm³/mol. The highest BCUT2D eigenvalue weighted by atomic mass is 127. The van der Waals surface area contributed by atoms with Gasteiger partial charge < -0.3 is 19.9 Å². The van der Waals surface area contributed by atoms with E-state index in [1.807, 2.05) is 19.2 Å². The molecule has 1 aromatic rings. The molecule has 0 amide bonds. The van der Waals surface area contributed by atoms with Gasteiger partial charge in [0.25, 0.3) is 0 Å². The number of hydrogen-bond acceptors (Lipinski definition) is 3. The Kier molecular flexibility index (Phi) is 10.3. The van der Waals surface area contributed by atoms with Crippen LogP contribution in [0.5, 0.6) is 0 Å². The van der Waals surface area contributed by atoms with Gasteiger partial charge in [0.2, 0.25) is 0 Å². The molecular formula is C16H30IN5O. The summed E-state index contributed by atoms with van der Waals surface area (Å²) < 4.78 is 7.34. The average molecular weight is 435 g/mol. The second kappa shape index (κ2) is 11.7. The molecule has 132 valence electrons. The molecule has 0 spiro atoms. The largest absolute Gasteiger partial charge is 0.383 e. The maximum absolute atomic E-state index is 5.19. The van der Waals surface area contributed by atoms with Crippen LogP contribution in [0, 0.1) is 0 Å². The van der Waals surface area contributed by atoms with Gasteiger partial charge in [-0.2, -0.15) is 0 Å². The van der Waals surface area contributed by atoms with Crippen molar-refractivity contribution in [3.63, 3.8) is 0 Å². The van der Waals surface area contributed by atoms with Crippen molar-refractivity contribution in [2.45, 2.75) is 25.4 Å². The van der Waals surface area contributed by atoms with Crippen LogP contribution in [0.25, 0.3) is 0 Å². The maximum atomic E-state index is 5.19. The van der Waals surface area contributed by atoms with Gasteiger partial charge in [-0.1, -0.05) is 0 Å². The first-order valence-electron chi connectivity index (χ1n) is 8.11. The third-order valence-electron chi connectivity index (χ3n) is 4.14. The number of nitrogens with one attached hydrogen (secondary N) is 2. The summed E-state index contributed by atoms with van der Waals surface area (Å²) in [6.07, 6.45) is 6.67. The van der Waals surface area contributed by atoms with E-state index in [0.717, 1.165) is 38.7 Å². The lowest BCUT2D eigenvalue weighted by molar-refractivity contribution is 0.141. The topological polar surface area (TPSA) is 53.8 Å². The lowest BCUT2D eigenvalue weighted by atomic mass is 10.2. The van der Waals surface area contributed by atoms with Crippen molar-refractivity contribution in [1.29, 1.82) is 0 Å². The molecule has 2 heterocycles. The number of halogens is 1. The number of aliphatic imine (C=N–C) groups is 1. The highest BCUT2D eigenvalue weighted by Crippen LogP contribution is 2.15. The summed E-state index contributed by atoms with van der Waals surface area (Å²) in [4.78, 5) is 6.80. The number of methoxy groups -OCH3 is 1. The van der Waals surface area contributed by atoms with Crippen molar-refractivity contribution in [2.75, 3.05) is 46.9 Å². The summed E-state index contributed by atoms with van der Waals surface area (Å²) in [5, 5.41) is 6.81. The molecule has 7 heteroatoms. The van der Waals surface area contributed by atoms with E-state index >= 15 is 0 Å². The fourth-order valence-electron chi connectivity index (χ4n) is 2.89. The summed E-state index contributed by atoms with van der Waals surface area (Å²) >= 11 is 0. The zero-order chi connectivity index (χ0) is 15.6. The van der Waals surface area contributed by atoms with Gasteiger partial charge in [0, 0.05) is 58.8 Å². The Bertz CT molecular complexity index is 438. The number of nitrogens with zero attached hydrogens (tertiary/aromatic N) is 3. The standard InChI is InChI=1S/C16H29N5O.HI/c1-17-16(18-7-11-20-8-3-4-9-20)19-14-15-6-5-10-21(15)12-13-22-2;/h3-4,8-9,15H,5-7,10-14H2,1-2H3,(H2,17,18,19);1H. The summed E-state index contributed by atoms with van der Waals surface area (Å²) in [7, 11) is 3.59. The molecule has 0 saturated carbocycles. The first-order valence-corrected chi connectivity index (χ1v) is 8.11. The second-order valence-electron chi connectivity index (χ2n) is 5.63. The van der Waals surface area contributed by atoms with Crippen LogP contribution in [0.15, 0.2) is 29.5 Å². The Balaban J connectivity index is 0.00000264. The SMILES string of the molecule is CN=C(NCCn1cccc1)NCC1CCCN1CCOC.I. The minimum Gasteiger partial charge on any atom is -0.383 e. The maximum Gasteiger partial charge on any atom is 0.191 e. The number of likely N-dealkylation sites (tertiary alicyclic amines) is 1. The van der Waals surface area contributed by atoms with E-state index in [1.165, 1.54) is 19.4 Å². The molecule has 0 radical (unpaired) electrons. The summed E-state index contributed by atoms with van der Waals surface area (Å²) in [6.45, 7) is 5.74. The summed E-state index contributed by atoms with van der Waals surface area (Å²) in [5.74, 6) is 0.880. The second-order valence-corrected chi connectivity index (χ2v) is 5.63. The van der Waals surface area contributed by atoms with E-state index in [1.54, 1.807) is 7.11 Å².